The predicted octanol–water partition coefficient (Wildman–Crippen LogP) is 3.56. The van der Waals surface area contributed by atoms with E-state index in [9.17, 15) is 19.5 Å². The van der Waals surface area contributed by atoms with E-state index >= 15 is 0 Å². The number of fused-ring (bicyclic) bond motifs is 2. The number of anilines is 2. The van der Waals surface area contributed by atoms with Crippen molar-refractivity contribution in [3.8, 4) is 0 Å². The average Bonchev–Trinajstić information content (AvgIpc) is 3.48. The van der Waals surface area contributed by atoms with Crippen LogP contribution in [0.25, 0.3) is 10.8 Å². The molecule has 2 unspecified atom stereocenters. The average molecular weight is 514 g/mol. The number of likely N-dealkylation sites (tertiary alicyclic amines) is 1. The van der Waals surface area contributed by atoms with Gasteiger partial charge in [-0.15, -0.1) is 0 Å². The second-order valence-corrected chi connectivity index (χ2v) is 10.7. The van der Waals surface area contributed by atoms with E-state index in [4.69, 9.17) is 4.74 Å². The minimum atomic E-state index is -1.11. The van der Waals surface area contributed by atoms with Crippen LogP contribution in [0.2, 0.25) is 0 Å². The van der Waals surface area contributed by atoms with Gasteiger partial charge in [-0.25, -0.2) is 0 Å². The van der Waals surface area contributed by atoms with Gasteiger partial charge in [-0.05, 0) is 61.2 Å². The van der Waals surface area contributed by atoms with Crippen molar-refractivity contribution in [2.75, 3.05) is 23.8 Å². The molecule has 3 fully saturated rings. The minimum absolute atomic E-state index is 0.114. The van der Waals surface area contributed by atoms with Crippen molar-refractivity contribution >= 4 is 39.9 Å². The minimum Gasteiger partial charge on any atom is -0.396 e. The zero-order valence-corrected chi connectivity index (χ0v) is 21.2. The molecule has 3 amide bonds. The first-order valence-corrected chi connectivity index (χ1v) is 13.1. The molecule has 3 saturated heterocycles. The number of aliphatic hydroxyl groups excluding tert-OH is 1. The van der Waals surface area contributed by atoms with Gasteiger partial charge in [-0.3, -0.25) is 14.4 Å². The first-order valence-electron chi connectivity index (χ1n) is 13.1. The number of para-hydroxylation sites is 1. The molecule has 6 rings (SSSR count). The van der Waals surface area contributed by atoms with Gasteiger partial charge in [-0.2, -0.15) is 0 Å². The number of benzene rings is 3. The largest absolute Gasteiger partial charge is 0.396 e. The first-order chi connectivity index (χ1) is 18.4. The van der Waals surface area contributed by atoms with E-state index in [0.29, 0.717) is 30.6 Å². The van der Waals surface area contributed by atoms with Gasteiger partial charge in [0, 0.05) is 24.5 Å². The fraction of sp³-hybridized carbons (Fsp3) is 0.367. The van der Waals surface area contributed by atoms with Gasteiger partial charge in [0.1, 0.15) is 11.6 Å². The van der Waals surface area contributed by atoms with Crippen LogP contribution in [-0.4, -0.2) is 58.1 Å². The number of ether oxygens (including phenoxy) is 1. The summed E-state index contributed by atoms with van der Waals surface area (Å²) in [4.78, 5) is 43.0. The number of carbonyl (C=O) groups excluding carboxylic acids is 3. The molecular formula is C30H31N3O5. The maximum Gasteiger partial charge on any atom is 0.250 e. The summed E-state index contributed by atoms with van der Waals surface area (Å²) in [7, 11) is 0. The van der Waals surface area contributed by atoms with Gasteiger partial charge in [-0.1, -0.05) is 48.5 Å². The second-order valence-electron chi connectivity index (χ2n) is 10.7. The number of nitrogens with zero attached hydrogens (tertiary/aromatic N) is 1. The Bertz CT molecular complexity index is 1410. The van der Waals surface area contributed by atoms with Crippen LogP contribution in [0, 0.1) is 11.8 Å². The lowest BCUT2D eigenvalue weighted by Gasteiger charge is -2.33. The molecule has 2 bridgehead atoms. The van der Waals surface area contributed by atoms with Crippen LogP contribution in [0.15, 0.2) is 72.8 Å². The van der Waals surface area contributed by atoms with Crippen molar-refractivity contribution in [3.63, 3.8) is 0 Å². The van der Waals surface area contributed by atoms with E-state index in [1.165, 1.54) is 4.90 Å². The Labute approximate surface area is 221 Å². The number of aliphatic hydroxyl groups is 1. The van der Waals surface area contributed by atoms with Gasteiger partial charge in [0.05, 0.1) is 17.4 Å². The first kappa shape index (κ1) is 24.6. The fourth-order valence-electron chi connectivity index (χ4n) is 6.83. The zero-order chi connectivity index (χ0) is 26.5. The predicted molar refractivity (Wildman–Crippen MR) is 143 cm³/mol. The van der Waals surface area contributed by atoms with Gasteiger partial charge >= 0.3 is 0 Å². The van der Waals surface area contributed by atoms with Crippen LogP contribution in [0.1, 0.15) is 26.2 Å². The molecule has 3 aliphatic rings. The van der Waals surface area contributed by atoms with Gasteiger partial charge < -0.3 is 25.4 Å². The van der Waals surface area contributed by atoms with Crippen LogP contribution in [0.4, 0.5) is 11.4 Å². The molecule has 5 atom stereocenters. The third-order valence-electron chi connectivity index (χ3n) is 8.42. The number of rotatable bonds is 7. The third kappa shape index (κ3) is 3.78. The van der Waals surface area contributed by atoms with Crippen LogP contribution < -0.4 is 10.6 Å². The lowest BCUT2D eigenvalue weighted by atomic mass is 9.66. The van der Waals surface area contributed by atoms with Crippen molar-refractivity contribution < 1.29 is 24.2 Å². The molecule has 3 heterocycles. The molecule has 3 aromatic rings. The number of nitrogens with one attached hydrogen (secondary N) is 2. The van der Waals surface area contributed by atoms with E-state index in [0.717, 1.165) is 10.8 Å². The lowest BCUT2D eigenvalue weighted by Crippen LogP contribution is -2.53. The summed E-state index contributed by atoms with van der Waals surface area (Å²) in [6.45, 7) is 1.96. The summed E-state index contributed by atoms with van der Waals surface area (Å²) < 4.78 is 6.62. The summed E-state index contributed by atoms with van der Waals surface area (Å²) in [5, 5.41) is 17.5. The van der Waals surface area contributed by atoms with E-state index in [2.05, 4.69) is 10.6 Å². The number of hydrogen-bond donors (Lipinski definition) is 3. The van der Waals surface area contributed by atoms with Crippen LogP contribution in [0.5, 0.6) is 0 Å². The van der Waals surface area contributed by atoms with Crippen molar-refractivity contribution in [1.29, 1.82) is 0 Å². The van der Waals surface area contributed by atoms with E-state index in [1.807, 2.05) is 67.6 Å². The standard InChI is InChI=1S/C30H31N3O5/c1-29-14-15-30(38-29)24(23(29)26(35)31-21-10-3-2-4-11-21)28(37)33(16-7-17-34)25(30)27(36)32-22-13-12-19-8-5-6-9-20(19)18-22/h2-6,8-13,18,23-25,34H,7,14-17H2,1H3,(H,31,35)(H,32,36)/t23-,24-,25?,29+,30?/m0/s1. The van der Waals surface area contributed by atoms with Crippen molar-refractivity contribution in [2.45, 2.75) is 43.4 Å². The van der Waals surface area contributed by atoms with E-state index < -0.39 is 29.1 Å². The van der Waals surface area contributed by atoms with Crippen LogP contribution in [0.3, 0.4) is 0 Å². The molecule has 3 aromatic carbocycles. The molecule has 196 valence electrons. The third-order valence-corrected chi connectivity index (χ3v) is 8.42. The van der Waals surface area contributed by atoms with E-state index in [1.54, 1.807) is 12.1 Å². The summed E-state index contributed by atoms with van der Waals surface area (Å²) in [5.74, 6) is -2.41. The molecule has 0 aromatic heterocycles. The highest BCUT2D eigenvalue weighted by Crippen LogP contribution is 2.63. The molecule has 0 radical (unpaired) electrons. The topological polar surface area (TPSA) is 108 Å². The van der Waals surface area contributed by atoms with Crippen LogP contribution >= 0.6 is 0 Å². The number of hydrogen-bond acceptors (Lipinski definition) is 5. The molecular weight excluding hydrogens is 482 g/mol. The monoisotopic (exact) mass is 513 g/mol. The quantitative estimate of drug-likeness (QED) is 0.448. The maximum absolute atomic E-state index is 13.9. The fourth-order valence-corrected chi connectivity index (χ4v) is 6.83. The summed E-state index contributed by atoms with van der Waals surface area (Å²) in [5.41, 5.74) is -0.698. The summed E-state index contributed by atoms with van der Waals surface area (Å²) >= 11 is 0. The zero-order valence-electron chi connectivity index (χ0n) is 21.2. The SMILES string of the molecule is C[C@]12CCC3(O1)C(C(=O)Nc1ccc4ccccc4c1)N(CCCO)C(=O)[C@@H]3[C@H]2C(=O)Nc1ccccc1. The summed E-state index contributed by atoms with van der Waals surface area (Å²) in [6.07, 6.45) is 1.39. The Kier molecular flexibility index (Phi) is 5.96. The molecule has 3 aliphatic heterocycles. The highest BCUT2D eigenvalue weighted by Gasteiger charge is 2.77. The lowest BCUT2D eigenvalue weighted by molar-refractivity contribution is -0.143. The Morgan fingerprint density at radius 1 is 0.947 bits per heavy atom. The Hall–Kier alpha value is -3.75. The molecule has 0 saturated carbocycles. The van der Waals surface area contributed by atoms with Gasteiger partial charge in [0.25, 0.3) is 0 Å². The number of amides is 3. The Balaban J connectivity index is 1.34. The second kappa shape index (κ2) is 9.22. The summed E-state index contributed by atoms with van der Waals surface area (Å²) in [6, 6.07) is 21.8. The molecule has 0 aliphatic carbocycles. The highest BCUT2D eigenvalue weighted by molar-refractivity contribution is 6.05. The molecule has 3 N–H and O–H groups in total. The smallest absolute Gasteiger partial charge is 0.250 e. The molecule has 1 spiro atoms. The maximum atomic E-state index is 13.9. The van der Waals surface area contributed by atoms with Crippen molar-refractivity contribution in [1.82, 2.24) is 4.90 Å². The van der Waals surface area contributed by atoms with Crippen LogP contribution in [-0.2, 0) is 19.1 Å². The molecule has 8 nitrogen and oxygen atoms in total. The van der Waals surface area contributed by atoms with E-state index in [-0.39, 0.29) is 30.9 Å². The molecule has 38 heavy (non-hydrogen) atoms. The highest BCUT2D eigenvalue weighted by atomic mass is 16.5. The Morgan fingerprint density at radius 2 is 1.66 bits per heavy atom. The normalized spacial score (nSPS) is 29.5. The molecule has 8 heteroatoms. The van der Waals surface area contributed by atoms with Gasteiger partial charge in [0.15, 0.2) is 0 Å². The van der Waals surface area contributed by atoms with Crippen molar-refractivity contribution in [3.05, 3.63) is 72.8 Å². The number of carbonyl (C=O) groups is 3. The van der Waals surface area contributed by atoms with Gasteiger partial charge in [0.2, 0.25) is 17.7 Å². The van der Waals surface area contributed by atoms with Crippen molar-refractivity contribution in [2.24, 2.45) is 11.8 Å². The Morgan fingerprint density at radius 3 is 2.42 bits per heavy atom.